The Kier molecular flexibility index (Phi) is 4.13. The van der Waals surface area contributed by atoms with Crippen LogP contribution in [0, 0.1) is 13.8 Å². The van der Waals surface area contributed by atoms with E-state index in [4.69, 9.17) is 9.51 Å². The first-order valence-electron chi connectivity index (χ1n) is 8.74. The average molecular weight is 337 g/mol. The van der Waals surface area contributed by atoms with Gasteiger partial charge in [-0.3, -0.25) is 14.6 Å². The van der Waals surface area contributed by atoms with Crippen LogP contribution in [0.15, 0.2) is 35.0 Å². The smallest absolute Gasteiger partial charge is 0.151 e. The number of likely N-dealkylation sites (tertiary alicyclic amines) is 1. The summed E-state index contributed by atoms with van der Waals surface area (Å²) in [6.45, 7) is 5.90. The van der Waals surface area contributed by atoms with Gasteiger partial charge in [-0.25, -0.2) is 0 Å². The van der Waals surface area contributed by atoms with Crippen molar-refractivity contribution in [3.63, 3.8) is 0 Å². The molecule has 130 valence electrons. The topological polar surface area (TPSA) is 60.0 Å². The minimum atomic E-state index is 0.355. The first-order chi connectivity index (χ1) is 12.1. The van der Waals surface area contributed by atoms with Crippen LogP contribution in [0.3, 0.4) is 0 Å². The molecule has 1 aliphatic rings. The highest BCUT2D eigenvalue weighted by Crippen LogP contribution is 2.33. The third kappa shape index (κ3) is 3.09. The summed E-state index contributed by atoms with van der Waals surface area (Å²) in [5.74, 6) is 0.887. The Balaban J connectivity index is 1.53. The van der Waals surface area contributed by atoms with E-state index in [1.807, 2.05) is 43.9 Å². The van der Waals surface area contributed by atoms with Gasteiger partial charge >= 0.3 is 0 Å². The van der Waals surface area contributed by atoms with Crippen molar-refractivity contribution in [3.05, 3.63) is 53.3 Å². The number of aromatic nitrogens is 4. The number of hydrogen-bond acceptors (Lipinski definition) is 5. The van der Waals surface area contributed by atoms with Gasteiger partial charge in [0, 0.05) is 30.1 Å². The van der Waals surface area contributed by atoms with Gasteiger partial charge in [-0.05, 0) is 45.4 Å². The summed E-state index contributed by atoms with van der Waals surface area (Å²) in [6, 6.07) is 8.64. The number of rotatable bonds is 4. The molecule has 0 aromatic carbocycles. The molecule has 0 N–H and O–H groups in total. The molecule has 0 saturated carbocycles. The summed E-state index contributed by atoms with van der Waals surface area (Å²) in [4.78, 5) is 7.15. The lowest BCUT2D eigenvalue weighted by molar-refractivity contribution is 0.214. The van der Waals surface area contributed by atoms with E-state index in [0.717, 1.165) is 53.6 Å². The van der Waals surface area contributed by atoms with Crippen LogP contribution in [0.5, 0.6) is 0 Å². The molecule has 0 aliphatic carbocycles. The minimum absolute atomic E-state index is 0.355. The lowest BCUT2D eigenvalue weighted by atomic mass is 10.1. The molecule has 1 aliphatic heterocycles. The highest BCUT2D eigenvalue weighted by atomic mass is 16.5. The van der Waals surface area contributed by atoms with Crippen molar-refractivity contribution in [1.29, 1.82) is 0 Å². The van der Waals surface area contributed by atoms with Crippen LogP contribution >= 0.6 is 0 Å². The molecule has 1 saturated heterocycles. The second-order valence-corrected chi connectivity index (χ2v) is 6.78. The SMILES string of the molecule is Cc1cccc(C2CCCN2Cc2cc(-c3cnn(C)c3C)no2)n1. The highest BCUT2D eigenvalue weighted by Gasteiger charge is 2.28. The van der Waals surface area contributed by atoms with Gasteiger partial charge < -0.3 is 4.52 Å². The first kappa shape index (κ1) is 16.0. The summed E-state index contributed by atoms with van der Waals surface area (Å²) >= 11 is 0. The summed E-state index contributed by atoms with van der Waals surface area (Å²) in [6.07, 6.45) is 4.16. The number of hydrogen-bond donors (Lipinski definition) is 0. The molecule has 4 rings (SSSR count). The van der Waals surface area contributed by atoms with Gasteiger partial charge in [-0.1, -0.05) is 11.2 Å². The average Bonchev–Trinajstić information content (AvgIpc) is 3.31. The standard InChI is InChI=1S/C19H23N5O/c1-13-6-4-7-17(21-13)19-8-5-9-24(19)12-15-10-18(22-25-15)16-11-20-23(3)14(16)2/h4,6-7,10-11,19H,5,8-9,12H2,1-3H3. The summed E-state index contributed by atoms with van der Waals surface area (Å²) in [7, 11) is 1.93. The normalized spacial score (nSPS) is 18.1. The summed E-state index contributed by atoms with van der Waals surface area (Å²) in [5.41, 5.74) is 5.18. The van der Waals surface area contributed by atoms with Crippen LogP contribution in [-0.2, 0) is 13.6 Å². The molecule has 0 spiro atoms. The van der Waals surface area contributed by atoms with Crippen molar-refractivity contribution in [2.24, 2.45) is 7.05 Å². The van der Waals surface area contributed by atoms with Crippen LogP contribution in [0.1, 0.15) is 41.7 Å². The van der Waals surface area contributed by atoms with E-state index in [-0.39, 0.29) is 0 Å². The van der Waals surface area contributed by atoms with Crippen LogP contribution in [0.25, 0.3) is 11.3 Å². The van der Waals surface area contributed by atoms with Crippen molar-refractivity contribution in [2.75, 3.05) is 6.54 Å². The summed E-state index contributed by atoms with van der Waals surface area (Å²) in [5, 5.41) is 8.53. The van der Waals surface area contributed by atoms with E-state index in [1.165, 1.54) is 6.42 Å². The molecule has 3 aromatic heterocycles. The maximum Gasteiger partial charge on any atom is 0.151 e. The Morgan fingerprint density at radius 1 is 1.28 bits per heavy atom. The Hall–Kier alpha value is -2.47. The zero-order chi connectivity index (χ0) is 17.4. The molecule has 0 bridgehead atoms. The fourth-order valence-electron chi connectivity index (χ4n) is 3.56. The van der Waals surface area contributed by atoms with Crippen molar-refractivity contribution in [1.82, 2.24) is 24.8 Å². The molecule has 25 heavy (non-hydrogen) atoms. The fourth-order valence-corrected chi connectivity index (χ4v) is 3.56. The molecule has 6 nitrogen and oxygen atoms in total. The molecule has 1 atom stereocenters. The van der Waals surface area contributed by atoms with Crippen LogP contribution in [-0.4, -0.2) is 31.4 Å². The fraction of sp³-hybridized carbons (Fsp3) is 0.421. The maximum atomic E-state index is 5.60. The lowest BCUT2D eigenvalue weighted by Crippen LogP contribution is -2.23. The quantitative estimate of drug-likeness (QED) is 0.730. The van der Waals surface area contributed by atoms with Crippen molar-refractivity contribution in [3.8, 4) is 11.3 Å². The molecule has 6 heteroatoms. The molecule has 3 aromatic rings. The van der Waals surface area contributed by atoms with Crippen LogP contribution < -0.4 is 0 Å². The molecule has 0 amide bonds. The third-order valence-corrected chi connectivity index (χ3v) is 5.04. The van der Waals surface area contributed by atoms with E-state index in [0.29, 0.717) is 6.04 Å². The van der Waals surface area contributed by atoms with Gasteiger partial charge in [-0.15, -0.1) is 0 Å². The zero-order valence-corrected chi connectivity index (χ0v) is 14.9. The van der Waals surface area contributed by atoms with Gasteiger partial charge in [0.05, 0.1) is 24.5 Å². The molecule has 1 fully saturated rings. The molecule has 4 heterocycles. The van der Waals surface area contributed by atoms with E-state index in [1.54, 1.807) is 0 Å². The minimum Gasteiger partial charge on any atom is -0.359 e. The molecule has 1 unspecified atom stereocenters. The highest BCUT2D eigenvalue weighted by molar-refractivity contribution is 5.60. The van der Waals surface area contributed by atoms with Crippen LogP contribution in [0.4, 0.5) is 0 Å². The zero-order valence-electron chi connectivity index (χ0n) is 14.9. The van der Waals surface area contributed by atoms with Crippen molar-refractivity contribution >= 4 is 0 Å². The van der Waals surface area contributed by atoms with E-state index >= 15 is 0 Å². The Morgan fingerprint density at radius 3 is 2.92 bits per heavy atom. The largest absolute Gasteiger partial charge is 0.359 e. The first-order valence-corrected chi connectivity index (χ1v) is 8.74. The molecular weight excluding hydrogens is 314 g/mol. The van der Waals surface area contributed by atoms with Gasteiger partial charge in [0.2, 0.25) is 0 Å². The Bertz CT molecular complexity index is 882. The van der Waals surface area contributed by atoms with E-state index < -0.39 is 0 Å². The maximum absolute atomic E-state index is 5.60. The monoisotopic (exact) mass is 337 g/mol. The van der Waals surface area contributed by atoms with Crippen molar-refractivity contribution < 1.29 is 4.52 Å². The second-order valence-electron chi connectivity index (χ2n) is 6.78. The lowest BCUT2D eigenvalue weighted by Gasteiger charge is -2.22. The predicted octanol–water partition coefficient (Wildman–Crippen LogP) is 3.42. The Morgan fingerprint density at radius 2 is 2.16 bits per heavy atom. The molecule has 0 radical (unpaired) electrons. The number of pyridine rings is 1. The summed E-state index contributed by atoms with van der Waals surface area (Å²) < 4.78 is 7.45. The van der Waals surface area contributed by atoms with Gasteiger partial charge in [0.25, 0.3) is 0 Å². The van der Waals surface area contributed by atoms with E-state index in [9.17, 15) is 0 Å². The Labute approximate surface area is 147 Å². The molecular formula is C19H23N5O. The predicted molar refractivity (Wildman–Crippen MR) is 94.8 cm³/mol. The third-order valence-electron chi connectivity index (χ3n) is 5.04. The van der Waals surface area contributed by atoms with E-state index in [2.05, 4.69) is 27.3 Å². The van der Waals surface area contributed by atoms with Gasteiger partial charge in [-0.2, -0.15) is 5.10 Å². The van der Waals surface area contributed by atoms with Gasteiger partial charge in [0.15, 0.2) is 5.76 Å². The number of nitrogens with zero attached hydrogens (tertiary/aromatic N) is 5. The van der Waals surface area contributed by atoms with Crippen molar-refractivity contribution in [2.45, 2.75) is 39.3 Å². The second kappa shape index (κ2) is 6.44. The van der Waals surface area contributed by atoms with Gasteiger partial charge in [0.1, 0.15) is 5.69 Å². The van der Waals surface area contributed by atoms with Crippen LogP contribution in [0.2, 0.25) is 0 Å². The number of aryl methyl sites for hydroxylation is 2.